The van der Waals surface area contributed by atoms with Crippen molar-refractivity contribution in [2.75, 3.05) is 37.0 Å². The third-order valence-corrected chi connectivity index (χ3v) is 4.56. The molecule has 0 atom stereocenters. The molecule has 2 heterocycles. The molecule has 6 nitrogen and oxygen atoms in total. The number of carbonyl (C=O) groups excluding carboxylic acids is 2. The highest BCUT2D eigenvalue weighted by Crippen LogP contribution is 2.19. The highest BCUT2D eigenvalue weighted by molar-refractivity contribution is 8.14. The molecule has 2 rings (SSSR count). The summed E-state index contributed by atoms with van der Waals surface area (Å²) in [7, 11) is 0. The van der Waals surface area contributed by atoms with E-state index in [2.05, 4.69) is 19.8 Å². The second-order valence-electron chi connectivity index (χ2n) is 3.87. The van der Waals surface area contributed by atoms with E-state index in [9.17, 15) is 9.59 Å². The zero-order valence-electron chi connectivity index (χ0n) is 10.6. The summed E-state index contributed by atoms with van der Waals surface area (Å²) in [6.45, 7) is 3.75. The van der Waals surface area contributed by atoms with Crippen LogP contribution < -0.4 is 0 Å². The van der Waals surface area contributed by atoms with Crippen molar-refractivity contribution in [3.8, 4) is 0 Å². The lowest BCUT2D eigenvalue weighted by molar-refractivity contribution is -0.150. The molecule has 104 valence electrons. The maximum Gasteiger partial charge on any atom is 0.381 e. The van der Waals surface area contributed by atoms with Crippen LogP contribution in [-0.2, 0) is 14.3 Å². The molecule has 0 unspecified atom stereocenters. The van der Waals surface area contributed by atoms with Crippen molar-refractivity contribution in [1.82, 2.24) is 4.90 Å². The minimum absolute atomic E-state index is 0.165. The minimum Gasteiger partial charge on any atom is -0.460 e. The minimum atomic E-state index is -0.852. The van der Waals surface area contributed by atoms with Crippen molar-refractivity contribution in [3.05, 3.63) is 0 Å². The molecule has 8 heteroatoms. The molecular weight excluding hydrogens is 286 g/mol. The molecule has 1 saturated heterocycles. The average molecular weight is 301 g/mol. The molecule has 2 aliphatic rings. The van der Waals surface area contributed by atoms with Gasteiger partial charge in [0.1, 0.15) is 5.71 Å². The molecular formula is C11H15N3O3S2. The third kappa shape index (κ3) is 3.73. The Morgan fingerprint density at radius 3 is 2.63 bits per heavy atom. The first-order chi connectivity index (χ1) is 9.22. The van der Waals surface area contributed by atoms with Crippen LogP contribution in [0.2, 0.25) is 0 Å². The number of esters is 1. The summed E-state index contributed by atoms with van der Waals surface area (Å²) in [6, 6.07) is 0. The third-order valence-electron chi connectivity index (χ3n) is 2.60. The van der Waals surface area contributed by atoms with E-state index in [1.54, 1.807) is 6.92 Å². The Kier molecular flexibility index (Phi) is 5.26. The van der Waals surface area contributed by atoms with Gasteiger partial charge in [0.25, 0.3) is 5.78 Å². The van der Waals surface area contributed by atoms with Gasteiger partial charge in [0, 0.05) is 30.3 Å². The van der Waals surface area contributed by atoms with Crippen LogP contribution in [0.5, 0.6) is 0 Å². The van der Waals surface area contributed by atoms with Gasteiger partial charge in [-0.05, 0) is 6.92 Å². The highest BCUT2D eigenvalue weighted by Gasteiger charge is 2.26. The SMILES string of the molecule is CCOC(=O)C(=O)C1=NN=C(N2CCSCC2)SC1. The molecule has 0 aromatic heterocycles. The first kappa shape index (κ1) is 14.4. The highest BCUT2D eigenvalue weighted by atomic mass is 32.2. The topological polar surface area (TPSA) is 71.3 Å². The fourth-order valence-electron chi connectivity index (χ4n) is 1.63. The standard InChI is InChI=1S/C11H15N3O3S2/c1-2-17-10(16)9(15)8-7-19-11(13-12-8)14-3-5-18-6-4-14/h2-7H2,1H3. The number of hydrogen-bond donors (Lipinski definition) is 0. The van der Waals surface area contributed by atoms with Crippen LogP contribution in [0.15, 0.2) is 10.2 Å². The van der Waals surface area contributed by atoms with Crippen molar-refractivity contribution in [3.63, 3.8) is 0 Å². The number of ketones is 1. The van der Waals surface area contributed by atoms with Crippen molar-refractivity contribution in [2.45, 2.75) is 6.92 Å². The Balaban J connectivity index is 1.99. The van der Waals surface area contributed by atoms with Crippen molar-refractivity contribution in [1.29, 1.82) is 0 Å². The van der Waals surface area contributed by atoms with E-state index in [0.717, 1.165) is 29.8 Å². The fourth-order valence-corrected chi connectivity index (χ4v) is 3.45. The molecule has 0 aromatic carbocycles. The number of amidine groups is 1. The lowest BCUT2D eigenvalue weighted by atomic mass is 10.3. The van der Waals surface area contributed by atoms with E-state index >= 15 is 0 Å². The summed E-state index contributed by atoms with van der Waals surface area (Å²) in [5.41, 5.74) is 0.165. The molecule has 0 bridgehead atoms. The number of Topliss-reactive ketones (excluding diaryl/α,β-unsaturated/α-hetero) is 1. The summed E-state index contributed by atoms with van der Waals surface area (Å²) in [5, 5.41) is 8.76. The molecule has 19 heavy (non-hydrogen) atoms. The summed E-state index contributed by atoms with van der Waals surface area (Å²) in [5.74, 6) is 0.997. The van der Waals surface area contributed by atoms with Gasteiger partial charge in [-0.25, -0.2) is 4.79 Å². The quantitative estimate of drug-likeness (QED) is 0.562. The Morgan fingerprint density at radius 2 is 2.05 bits per heavy atom. The van der Waals surface area contributed by atoms with Crippen molar-refractivity contribution in [2.24, 2.45) is 10.2 Å². The Bertz CT molecular complexity index is 431. The molecule has 0 saturated carbocycles. The van der Waals surface area contributed by atoms with E-state index in [1.807, 2.05) is 11.8 Å². The number of ether oxygens (including phenoxy) is 1. The van der Waals surface area contributed by atoms with E-state index in [0.29, 0.717) is 5.75 Å². The van der Waals surface area contributed by atoms with E-state index < -0.39 is 11.8 Å². The molecule has 0 amide bonds. The van der Waals surface area contributed by atoms with E-state index in [4.69, 9.17) is 0 Å². The fraction of sp³-hybridized carbons (Fsp3) is 0.636. The van der Waals surface area contributed by atoms with E-state index in [-0.39, 0.29) is 12.3 Å². The number of nitrogens with zero attached hydrogens (tertiary/aromatic N) is 3. The van der Waals surface area contributed by atoms with Gasteiger partial charge >= 0.3 is 5.97 Å². The second-order valence-corrected chi connectivity index (χ2v) is 6.03. The van der Waals surface area contributed by atoms with Gasteiger partial charge < -0.3 is 9.64 Å². The maximum atomic E-state index is 11.7. The van der Waals surface area contributed by atoms with Gasteiger partial charge in [-0.2, -0.15) is 11.8 Å². The molecule has 0 spiro atoms. The second kappa shape index (κ2) is 6.95. The molecule has 0 aliphatic carbocycles. The van der Waals surface area contributed by atoms with Crippen molar-refractivity contribution >= 4 is 46.2 Å². The first-order valence-electron chi connectivity index (χ1n) is 6.04. The Labute approximate surface area is 120 Å². The van der Waals surface area contributed by atoms with Gasteiger partial charge in [0.15, 0.2) is 5.17 Å². The monoisotopic (exact) mass is 301 g/mol. The summed E-state index contributed by atoms with van der Waals surface area (Å²) >= 11 is 3.37. The lowest BCUT2D eigenvalue weighted by Gasteiger charge is -2.29. The predicted octanol–water partition coefficient (Wildman–Crippen LogP) is 0.626. The van der Waals surface area contributed by atoms with Gasteiger partial charge in [-0.1, -0.05) is 11.8 Å². The van der Waals surface area contributed by atoms with Crippen LogP contribution in [0.4, 0.5) is 0 Å². The zero-order chi connectivity index (χ0) is 13.7. The van der Waals surface area contributed by atoms with Gasteiger partial charge in [-0.15, -0.1) is 10.2 Å². The van der Waals surface area contributed by atoms with Crippen molar-refractivity contribution < 1.29 is 14.3 Å². The molecule has 0 aromatic rings. The normalized spacial score (nSPS) is 19.5. The molecule has 0 radical (unpaired) electrons. The lowest BCUT2D eigenvalue weighted by Crippen LogP contribution is -2.38. The summed E-state index contributed by atoms with van der Waals surface area (Å²) < 4.78 is 4.66. The first-order valence-corrected chi connectivity index (χ1v) is 8.18. The van der Waals surface area contributed by atoms with E-state index in [1.165, 1.54) is 11.8 Å². The number of rotatable bonds is 3. The number of thioether (sulfide) groups is 2. The Morgan fingerprint density at radius 1 is 1.32 bits per heavy atom. The van der Waals surface area contributed by atoms with Gasteiger partial charge in [-0.3, -0.25) is 4.79 Å². The molecule has 2 aliphatic heterocycles. The average Bonchev–Trinajstić information content (AvgIpc) is 2.48. The molecule has 0 N–H and O–H groups in total. The molecule has 1 fully saturated rings. The largest absolute Gasteiger partial charge is 0.460 e. The van der Waals surface area contributed by atoms with Crippen LogP contribution in [0.1, 0.15) is 6.92 Å². The number of carbonyl (C=O) groups is 2. The summed E-state index contributed by atoms with van der Waals surface area (Å²) in [6.07, 6.45) is 0. The van der Waals surface area contributed by atoms with Crippen LogP contribution >= 0.6 is 23.5 Å². The van der Waals surface area contributed by atoms with Crippen LogP contribution in [0, 0.1) is 0 Å². The van der Waals surface area contributed by atoms with Crippen LogP contribution in [0.25, 0.3) is 0 Å². The maximum absolute atomic E-state index is 11.7. The Hall–Kier alpha value is -1.02. The van der Waals surface area contributed by atoms with Gasteiger partial charge in [0.2, 0.25) is 0 Å². The zero-order valence-corrected chi connectivity index (χ0v) is 12.3. The van der Waals surface area contributed by atoms with Crippen LogP contribution in [0.3, 0.4) is 0 Å². The number of hydrogen-bond acceptors (Lipinski definition) is 8. The van der Waals surface area contributed by atoms with Gasteiger partial charge in [0.05, 0.1) is 6.61 Å². The van der Waals surface area contributed by atoms with Crippen LogP contribution in [-0.4, -0.2) is 64.5 Å². The summed E-state index contributed by atoms with van der Waals surface area (Å²) in [4.78, 5) is 25.1. The predicted molar refractivity (Wildman–Crippen MR) is 77.9 cm³/mol. The smallest absolute Gasteiger partial charge is 0.381 e.